The van der Waals surface area contributed by atoms with Gasteiger partial charge in [-0.25, -0.2) is 0 Å². The average molecular weight is 313 g/mol. The van der Waals surface area contributed by atoms with E-state index in [2.05, 4.69) is 31.0 Å². The highest BCUT2D eigenvalue weighted by Crippen LogP contribution is 2.27. The van der Waals surface area contributed by atoms with Gasteiger partial charge in [0.25, 0.3) is 0 Å². The van der Waals surface area contributed by atoms with Crippen LogP contribution in [0.2, 0.25) is 5.02 Å². The van der Waals surface area contributed by atoms with Gasteiger partial charge in [-0.15, -0.1) is 0 Å². The molecule has 2 aromatic rings. The second kappa shape index (κ2) is 5.67. The van der Waals surface area contributed by atoms with Gasteiger partial charge in [-0.2, -0.15) is 0 Å². The Bertz CT molecular complexity index is 796. The quantitative estimate of drug-likeness (QED) is 0.879. The van der Waals surface area contributed by atoms with E-state index in [0.717, 1.165) is 22.4 Å². The molecule has 112 valence electrons. The van der Waals surface area contributed by atoms with Gasteiger partial charge in [0.05, 0.1) is 5.71 Å². The number of nitrogens with two attached hydrogens (primary N) is 1. The number of hydrogen-bond acceptors (Lipinski definition) is 3. The zero-order chi connectivity index (χ0) is 15.9. The molecular weight excluding hydrogens is 296 g/mol. The van der Waals surface area contributed by atoms with E-state index >= 15 is 0 Å². The lowest BCUT2D eigenvalue weighted by Gasteiger charge is -2.12. The Balaban J connectivity index is 2.24. The first-order chi connectivity index (χ1) is 10.5. The molecule has 0 radical (unpaired) electrons. The van der Waals surface area contributed by atoms with Crippen LogP contribution in [-0.2, 0) is 11.2 Å². The lowest BCUT2D eigenvalue weighted by Crippen LogP contribution is -2.29. The van der Waals surface area contributed by atoms with Gasteiger partial charge < -0.3 is 5.73 Å². The molecule has 1 aliphatic heterocycles. The summed E-state index contributed by atoms with van der Waals surface area (Å²) in [6, 6.07) is 11.7. The zero-order valence-electron chi connectivity index (χ0n) is 12.6. The van der Waals surface area contributed by atoms with Crippen LogP contribution in [0.4, 0.5) is 0 Å². The Morgan fingerprint density at radius 2 is 1.95 bits per heavy atom. The predicted molar refractivity (Wildman–Crippen MR) is 89.7 cm³/mol. The fourth-order valence-electron chi connectivity index (χ4n) is 2.64. The number of nitrogens with zero attached hydrogens (tertiary/aromatic N) is 1. The molecule has 1 atom stereocenters. The van der Waals surface area contributed by atoms with E-state index in [0.29, 0.717) is 5.02 Å². The van der Waals surface area contributed by atoms with E-state index in [4.69, 9.17) is 17.3 Å². The van der Waals surface area contributed by atoms with Gasteiger partial charge in [-0.3, -0.25) is 9.79 Å². The molecule has 1 unspecified atom stereocenters. The third-order valence-corrected chi connectivity index (χ3v) is 4.46. The van der Waals surface area contributed by atoms with Crippen LogP contribution >= 0.6 is 11.6 Å². The second-order valence-electron chi connectivity index (χ2n) is 5.63. The van der Waals surface area contributed by atoms with Crippen molar-refractivity contribution in [1.82, 2.24) is 0 Å². The van der Waals surface area contributed by atoms with Crippen molar-refractivity contribution in [2.75, 3.05) is 0 Å². The summed E-state index contributed by atoms with van der Waals surface area (Å²) in [5.41, 5.74) is 11.7. The van der Waals surface area contributed by atoms with Gasteiger partial charge in [-0.1, -0.05) is 35.9 Å². The molecule has 0 aliphatic carbocycles. The molecule has 2 N–H and O–H groups in total. The number of halogens is 1. The first kappa shape index (κ1) is 14.9. The summed E-state index contributed by atoms with van der Waals surface area (Å²) < 4.78 is 0. The summed E-state index contributed by atoms with van der Waals surface area (Å²) in [6.07, 6.45) is -0.631. The molecule has 1 heterocycles. The van der Waals surface area contributed by atoms with E-state index in [1.165, 1.54) is 11.1 Å². The van der Waals surface area contributed by atoms with E-state index in [1.807, 2.05) is 18.2 Å². The largest absolute Gasteiger partial charge is 0.303 e. The average Bonchev–Trinajstić information content (AvgIpc) is 2.61. The number of carbonyl (C=O) groups is 1. The summed E-state index contributed by atoms with van der Waals surface area (Å²) in [5.74, 6) is -0.117. The van der Waals surface area contributed by atoms with E-state index in [1.54, 1.807) is 6.07 Å². The summed E-state index contributed by atoms with van der Waals surface area (Å²) in [6.45, 7) is 4.12. The number of aryl methyl sites for hydroxylation is 2. The Morgan fingerprint density at radius 3 is 2.68 bits per heavy atom. The molecule has 0 amide bonds. The molecule has 0 saturated heterocycles. The number of carbonyl (C=O) groups excluding carboxylic acids is 1. The number of ketones is 1. The van der Waals surface area contributed by atoms with Gasteiger partial charge in [-0.05, 0) is 42.7 Å². The summed E-state index contributed by atoms with van der Waals surface area (Å²) in [5, 5.41) is 0.580. The first-order valence-corrected chi connectivity index (χ1v) is 7.56. The normalized spacial score (nSPS) is 17.7. The third kappa shape index (κ3) is 2.58. The van der Waals surface area contributed by atoms with Crippen LogP contribution in [0, 0.1) is 13.8 Å². The topological polar surface area (TPSA) is 55.4 Å². The highest BCUT2D eigenvalue weighted by atomic mass is 35.5. The van der Waals surface area contributed by atoms with Crippen molar-refractivity contribution < 1.29 is 4.79 Å². The standard InChI is InChI=1S/C18H17ClN2O/c1-10-6-7-12(8-11(10)2)17-13-4-3-5-15(19)14(13)9-16(22)18(20)21-17/h3-8,18H,9,20H2,1-2H3. The highest BCUT2D eigenvalue weighted by molar-refractivity contribution is 6.32. The summed E-state index contributed by atoms with van der Waals surface area (Å²) in [4.78, 5) is 16.6. The Morgan fingerprint density at radius 1 is 1.18 bits per heavy atom. The first-order valence-electron chi connectivity index (χ1n) is 7.19. The monoisotopic (exact) mass is 312 g/mol. The van der Waals surface area contributed by atoms with Crippen LogP contribution in [0.15, 0.2) is 41.4 Å². The van der Waals surface area contributed by atoms with Gasteiger partial charge >= 0.3 is 0 Å². The summed E-state index contributed by atoms with van der Waals surface area (Å²) >= 11 is 6.29. The van der Waals surface area contributed by atoms with Crippen molar-refractivity contribution in [1.29, 1.82) is 0 Å². The van der Waals surface area contributed by atoms with Crippen molar-refractivity contribution in [3.8, 4) is 0 Å². The smallest absolute Gasteiger partial charge is 0.176 e. The molecule has 0 aromatic heterocycles. The van der Waals surface area contributed by atoms with E-state index in [9.17, 15) is 4.79 Å². The van der Waals surface area contributed by atoms with E-state index in [-0.39, 0.29) is 12.2 Å². The van der Waals surface area contributed by atoms with Crippen molar-refractivity contribution in [3.63, 3.8) is 0 Å². The predicted octanol–water partition coefficient (Wildman–Crippen LogP) is 3.20. The number of Topliss-reactive ketones (excluding diaryl/α,β-unsaturated/α-hetero) is 1. The molecule has 0 saturated carbocycles. The van der Waals surface area contributed by atoms with Crippen molar-refractivity contribution in [2.45, 2.75) is 26.4 Å². The molecule has 22 heavy (non-hydrogen) atoms. The Kier molecular flexibility index (Phi) is 3.85. The molecular formula is C18H17ClN2O. The number of hydrogen-bond donors (Lipinski definition) is 1. The molecule has 0 fully saturated rings. The van der Waals surface area contributed by atoms with Crippen LogP contribution in [0.1, 0.15) is 27.8 Å². The van der Waals surface area contributed by atoms with Gasteiger partial charge in [0.15, 0.2) is 11.9 Å². The van der Waals surface area contributed by atoms with Crippen molar-refractivity contribution in [3.05, 3.63) is 69.2 Å². The number of aliphatic imine (C=N–C) groups is 1. The molecule has 2 aromatic carbocycles. The van der Waals surface area contributed by atoms with Crippen molar-refractivity contribution >= 4 is 23.1 Å². The molecule has 4 heteroatoms. The molecule has 1 aliphatic rings. The van der Waals surface area contributed by atoms with Gasteiger partial charge in [0.2, 0.25) is 0 Å². The van der Waals surface area contributed by atoms with Crippen LogP contribution in [0.3, 0.4) is 0 Å². The van der Waals surface area contributed by atoms with Gasteiger partial charge in [0.1, 0.15) is 0 Å². The minimum absolute atomic E-state index is 0.117. The summed E-state index contributed by atoms with van der Waals surface area (Å²) in [7, 11) is 0. The highest BCUT2D eigenvalue weighted by Gasteiger charge is 2.25. The molecule has 0 bridgehead atoms. The van der Waals surface area contributed by atoms with E-state index < -0.39 is 6.17 Å². The minimum atomic E-state index is -0.847. The number of rotatable bonds is 1. The maximum Gasteiger partial charge on any atom is 0.176 e. The van der Waals surface area contributed by atoms with Gasteiger partial charge in [0, 0.05) is 22.6 Å². The molecule has 3 rings (SSSR count). The van der Waals surface area contributed by atoms with Crippen LogP contribution < -0.4 is 5.73 Å². The third-order valence-electron chi connectivity index (χ3n) is 4.10. The second-order valence-corrected chi connectivity index (χ2v) is 6.04. The number of benzene rings is 2. The van der Waals surface area contributed by atoms with Crippen LogP contribution in [0.25, 0.3) is 0 Å². The van der Waals surface area contributed by atoms with Crippen LogP contribution in [-0.4, -0.2) is 17.7 Å². The molecule has 0 spiro atoms. The fourth-order valence-corrected chi connectivity index (χ4v) is 2.88. The maximum atomic E-state index is 12.1. The Labute approximate surface area is 134 Å². The number of fused-ring (bicyclic) bond motifs is 1. The SMILES string of the molecule is Cc1ccc(C2=NC(N)C(=O)Cc3c(Cl)cccc32)cc1C. The van der Waals surface area contributed by atoms with Crippen LogP contribution in [0.5, 0.6) is 0 Å². The Hall–Kier alpha value is -1.97. The van der Waals surface area contributed by atoms with Crippen molar-refractivity contribution in [2.24, 2.45) is 10.7 Å². The lowest BCUT2D eigenvalue weighted by molar-refractivity contribution is -0.119. The zero-order valence-corrected chi connectivity index (χ0v) is 13.3. The lowest BCUT2D eigenvalue weighted by atomic mass is 9.94. The fraction of sp³-hybridized carbons (Fsp3) is 0.222. The minimum Gasteiger partial charge on any atom is -0.303 e. The maximum absolute atomic E-state index is 12.1. The molecule has 3 nitrogen and oxygen atoms in total.